The van der Waals surface area contributed by atoms with Gasteiger partial charge in [0.2, 0.25) is 0 Å². The Balaban J connectivity index is 1.36. The van der Waals surface area contributed by atoms with Crippen molar-refractivity contribution in [3.8, 4) is 0 Å². The van der Waals surface area contributed by atoms with Crippen LogP contribution in [0.15, 0.2) is 70.0 Å². The van der Waals surface area contributed by atoms with E-state index in [1.54, 1.807) is 42.5 Å². The molecule has 0 saturated heterocycles. The molecule has 0 unspecified atom stereocenters. The Labute approximate surface area is 207 Å². The number of furan rings is 1. The molecule has 2 aliphatic carbocycles. The zero-order chi connectivity index (χ0) is 25.4. The van der Waals surface area contributed by atoms with Gasteiger partial charge in [-0.3, -0.25) is 19.1 Å². The van der Waals surface area contributed by atoms with Crippen LogP contribution in [0.2, 0.25) is 0 Å². The Morgan fingerprint density at radius 2 is 1.47 bits per heavy atom. The van der Waals surface area contributed by atoms with Crippen LogP contribution in [0, 0.1) is 5.41 Å². The van der Waals surface area contributed by atoms with Gasteiger partial charge in [-0.05, 0) is 41.8 Å². The average Bonchev–Trinajstić information content (AvgIpc) is 3.18. The van der Waals surface area contributed by atoms with E-state index in [4.69, 9.17) is 4.42 Å². The van der Waals surface area contributed by atoms with E-state index < -0.39 is 15.8 Å². The lowest BCUT2D eigenvalue weighted by Gasteiger charge is -2.27. The van der Waals surface area contributed by atoms with Crippen molar-refractivity contribution in [1.82, 2.24) is 0 Å². The maximum atomic E-state index is 13.2. The number of carbonyl (C=O) groups excluding carboxylic acids is 3. The summed E-state index contributed by atoms with van der Waals surface area (Å²) in [7, 11) is -4.10. The maximum Gasteiger partial charge on any atom is 0.261 e. The van der Waals surface area contributed by atoms with Crippen LogP contribution >= 0.6 is 0 Å². The van der Waals surface area contributed by atoms with Crippen molar-refractivity contribution in [2.24, 2.45) is 5.41 Å². The lowest BCUT2D eigenvalue weighted by Crippen LogP contribution is -2.25. The van der Waals surface area contributed by atoms with Crippen molar-refractivity contribution < 1.29 is 27.2 Å². The van der Waals surface area contributed by atoms with E-state index in [1.165, 1.54) is 18.2 Å². The summed E-state index contributed by atoms with van der Waals surface area (Å²) in [5.41, 5.74) is 1.86. The first-order valence-corrected chi connectivity index (χ1v) is 13.0. The van der Waals surface area contributed by atoms with Gasteiger partial charge in [-0.25, -0.2) is 8.42 Å². The Morgan fingerprint density at radius 3 is 2.19 bits per heavy atom. The van der Waals surface area contributed by atoms with Crippen LogP contribution in [-0.4, -0.2) is 25.8 Å². The second-order valence-corrected chi connectivity index (χ2v) is 11.8. The van der Waals surface area contributed by atoms with Crippen molar-refractivity contribution >= 4 is 44.0 Å². The highest BCUT2D eigenvalue weighted by Crippen LogP contribution is 2.40. The minimum atomic E-state index is -4.10. The first-order chi connectivity index (χ1) is 17.0. The standard InChI is InChI=1S/C28H21NO6S/c1-28(2)13-22(30)25-21-11-15(7-10-23(21)35-24(25)14-28)29-36(33,34)16-8-9-19-20(12-16)27(32)18-6-4-3-5-17(18)26(19)31/h3-12,29H,13-14H2,1-2H3. The quantitative estimate of drug-likeness (QED) is 0.367. The Bertz CT molecular complexity index is 1760. The molecule has 7 nitrogen and oxygen atoms in total. The molecule has 1 aromatic heterocycles. The summed E-state index contributed by atoms with van der Waals surface area (Å²) in [6, 6.07) is 15.2. The van der Waals surface area contributed by atoms with Gasteiger partial charge in [-0.15, -0.1) is 0 Å². The smallest absolute Gasteiger partial charge is 0.261 e. The molecule has 180 valence electrons. The molecule has 0 atom stereocenters. The monoisotopic (exact) mass is 499 g/mol. The lowest BCUT2D eigenvalue weighted by atomic mass is 9.76. The van der Waals surface area contributed by atoms with Crippen LogP contribution in [0.3, 0.4) is 0 Å². The first-order valence-electron chi connectivity index (χ1n) is 11.5. The number of ketones is 3. The van der Waals surface area contributed by atoms with Crippen molar-refractivity contribution in [3.05, 3.63) is 94.2 Å². The van der Waals surface area contributed by atoms with Crippen molar-refractivity contribution in [3.63, 3.8) is 0 Å². The normalized spacial score (nSPS) is 16.4. The van der Waals surface area contributed by atoms with Crippen LogP contribution in [-0.2, 0) is 16.4 Å². The molecule has 1 heterocycles. The minimum Gasteiger partial charge on any atom is -0.460 e. The lowest BCUT2D eigenvalue weighted by molar-refractivity contribution is 0.0905. The van der Waals surface area contributed by atoms with E-state index in [-0.39, 0.29) is 44.3 Å². The van der Waals surface area contributed by atoms with Gasteiger partial charge in [0.1, 0.15) is 11.3 Å². The number of rotatable bonds is 3. The minimum absolute atomic E-state index is 0.0295. The average molecular weight is 500 g/mol. The first kappa shape index (κ1) is 22.4. The van der Waals surface area contributed by atoms with E-state index in [9.17, 15) is 22.8 Å². The number of carbonyl (C=O) groups is 3. The SMILES string of the molecule is CC1(C)CC(=O)c2c(oc3ccc(NS(=O)(=O)c4ccc5c(c4)C(=O)c4ccccc4C5=O)cc23)C1. The van der Waals surface area contributed by atoms with Gasteiger partial charge in [0, 0.05) is 46.2 Å². The molecule has 0 saturated carbocycles. The molecule has 6 rings (SSSR count). The second-order valence-electron chi connectivity index (χ2n) is 10.1. The van der Waals surface area contributed by atoms with Crippen LogP contribution in [0.4, 0.5) is 5.69 Å². The summed E-state index contributed by atoms with van der Waals surface area (Å²) >= 11 is 0. The topological polar surface area (TPSA) is 111 Å². The summed E-state index contributed by atoms with van der Waals surface area (Å²) in [5, 5.41) is 0.563. The van der Waals surface area contributed by atoms with E-state index in [0.29, 0.717) is 40.7 Å². The molecule has 0 aliphatic heterocycles. The van der Waals surface area contributed by atoms with Crippen LogP contribution in [0.25, 0.3) is 11.0 Å². The third kappa shape index (κ3) is 3.40. The fraction of sp³-hybridized carbons (Fsp3) is 0.179. The van der Waals surface area contributed by atoms with Gasteiger partial charge in [0.05, 0.1) is 10.5 Å². The predicted molar refractivity (Wildman–Crippen MR) is 133 cm³/mol. The number of benzene rings is 3. The highest BCUT2D eigenvalue weighted by atomic mass is 32.2. The molecule has 36 heavy (non-hydrogen) atoms. The molecule has 0 fully saturated rings. The molecule has 0 bridgehead atoms. The third-order valence-electron chi connectivity index (χ3n) is 6.78. The highest BCUT2D eigenvalue weighted by molar-refractivity contribution is 7.92. The van der Waals surface area contributed by atoms with Gasteiger partial charge in [0.15, 0.2) is 17.3 Å². The summed E-state index contributed by atoms with van der Waals surface area (Å²) in [4.78, 5) is 38.5. The summed E-state index contributed by atoms with van der Waals surface area (Å²) in [6.45, 7) is 4.02. The van der Waals surface area contributed by atoms with E-state index >= 15 is 0 Å². The number of fused-ring (bicyclic) bond motifs is 5. The number of sulfonamides is 1. The largest absolute Gasteiger partial charge is 0.460 e. The van der Waals surface area contributed by atoms with Gasteiger partial charge in [-0.2, -0.15) is 0 Å². The van der Waals surface area contributed by atoms with E-state index in [2.05, 4.69) is 4.72 Å². The maximum absolute atomic E-state index is 13.2. The predicted octanol–water partition coefficient (Wildman–Crippen LogP) is 5.16. The van der Waals surface area contributed by atoms with Gasteiger partial charge < -0.3 is 4.42 Å². The molecule has 2 aliphatic rings. The molecule has 0 amide bonds. The number of Topliss-reactive ketones (excluding diaryl/α,β-unsaturated/α-hetero) is 1. The Morgan fingerprint density at radius 1 is 0.806 bits per heavy atom. The molecular formula is C28H21NO6S. The summed E-state index contributed by atoms with van der Waals surface area (Å²) in [5.74, 6) is -0.132. The van der Waals surface area contributed by atoms with Crippen LogP contribution in [0.1, 0.15) is 68.2 Å². The highest BCUT2D eigenvalue weighted by Gasteiger charge is 2.35. The number of anilines is 1. The number of hydrogen-bond acceptors (Lipinski definition) is 6. The molecule has 3 aromatic carbocycles. The zero-order valence-corrected chi connectivity index (χ0v) is 20.4. The van der Waals surface area contributed by atoms with Crippen molar-refractivity contribution in [2.75, 3.05) is 4.72 Å². The van der Waals surface area contributed by atoms with Gasteiger partial charge in [0.25, 0.3) is 10.0 Å². The number of nitrogens with one attached hydrogen (secondary N) is 1. The van der Waals surface area contributed by atoms with Crippen LogP contribution < -0.4 is 4.72 Å². The van der Waals surface area contributed by atoms with E-state index in [0.717, 1.165) is 0 Å². The number of hydrogen-bond donors (Lipinski definition) is 1. The summed E-state index contributed by atoms with van der Waals surface area (Å²) in [6.07, 6.45) is 1.00. The Kier molecular flexibility index (Phi) is 4.66. The molecular weight excluding hydrogens is 478 g/mol. The van der Waals surface area contributed by atoms with Crippen molar-refractivity contribution in [2.45, 2.75) is 31.6 Å². The zero-order valence-electron chi connectivity index (χ0n) is 19.5. The van der Waals surface area contributed by atoms with E-state index in [1.807, 2.05) is 13.8 Å². The molecule has 4 aromatic rings. The molecule has 8 heteroatoms. The Hall–Kier alpha value is -4.04. The fourth-order valence-corrected chi connectivity index (χ4v) is 6.20. The van der Waals surface area contributed by atoms with Gasteiger partial charge in [-0.1, -0.05) is 38.1 Å². The van der Waals surface area contributed by atoms with Gasteiger partial charge >= 0.3 is 0 Å². The molecule has 0 spiro atoms. The molecule has 0 radical (unpaired) electrons. The van der Waals surface area contributed by atoms with Crippen molar-refractivity contribution in [1.29, 1.82) is 0 Å². The molecule has 1 N–H and O–H groups in total. The summed E-state index contributed by atoms with van der Waals surface area (Å²) < 4.78 is 34.9. The second kappa shape index (κ2) is 7.48. The van der Waals surface area contributed by atoms with Crippen LogP contribution in [0.5, 0.6) is 0 Å². The third-order valence-corrected chi connectivity index (χ3v) is 8.16. The fourth-order valence-electron chi connectivity index (χ4n) is 5.12.